The molecule has 0 aliphatic carbocycles. The van der Waals surface area contributed by atoms with Crippen LogP contribution in [0, 0.1) is 5.92 Å². The molecule has 0 saturated carbocycles. The first-order valence-electron chi connectivity index (χ1n) is 5.58. The van der Waals surface area contributed by atoms with Crippen molar-refractivity contribution in [3.8, 4) is 0 Å². The van der Waals surface area contributed by atoms with Crippen molar-refractivity contribution < 1.29 is 9.53 Å². The summed E-state index contributed by atoms with van der Waals surface area (Å²) in [6.07, 6.45) is 2.04. The lowest BCUT2D eigenvalue weighted by molar-refractivity contribution is -0.0331. The average Bonchev–Trinajstić information content (AvgIpc) is 2.68. The zero-order valence-corrected chi connectivity index (χ0v) is 9.30. The predicted octanol–water partition coefficient (Wildman–Crippen LogP) is 1.30. The molecule has 1 aromatic heterocycles. The summed E-state index contributed by atoms with van der Waals surface area (Å²) < 4.78 is 6.64. The fourth-order valence-electron chi connectivity index (χ4n) is 2.01. The van der Waals surface area contributed by atoms with E-state index in [9.17, 15) is 4.79 Å². The maximum absolute atomic E-state index is 12.1. The molecule has 2 heterocycles. The molecule has 1 aliphatic rings. The van der Waals surface area contributed by atoms with Gasteiger partial charge in [-0.15, -0.1) is 0 Å². The maximum Gasteiger partial charge on any atom is 0.232 e. The Morgan fingerprint density at radius 3 is 3.06 bits per heavy atom. The van der Waals surface area contributed by atoms with Gasteiger partial charge in [0.2, 0.25) is 5.91 Å². The Balaban J connectivity index is 1.94. The van der Waals surface area contributed by atoms with Crippen LogP contribution < -0.4 is 5.73 Å². The number of carbonyl (C=O) groups is 1. The number of hydrogen-bond donors (Lipinski definition) is 1. The number of nitrogens with two attached hydrogens (primary N) is 1. The molecule has 3 rings (SSSR count). The highest BCUT2D eigenvalue weighted by Gasteiger charge is 2.23. The van der Waals surface area contributed by atoms with Crippen molar-refractivity contribution in [2.75, 3.05) is 18.9 Å². The first-order valence-corrected chi connectivity index (χ1v) is 5.58. The van der Waals surface area contributed by atoms with Crippen LogP contribution in [0.5, 0.6) is 0 Å². The number of para-hydroxylation sites is 1. The first-order chi connectivity index (χ1) is 8.25. The third-order valence-electron chi connectivity index (χ3n) is 3.05. The van der Waals surface area contributed by atoms with Crippen LogP contribution in [0.2, 0.25) is 0 Å². The number of hydrogen-bond acceptors (Lipinski definition) is 4. The summed E-state index contributed by atoms with van der Waals surface area (Å²) in [6.45, 7) is 1.36. The monoisotopic (exact) mass is 231 g/mol. The minimum absolute atomic E-state index is 0.0476. The molecule has 17 heavy (non-hydrogen) atoms. The van der Waals surface area contributed by atoms with Crippen molar-refractivity contribution in [3.05, 3.63) is 24.5 Å². The highest BCUT2D eigenvalue weighted by atomic mass is 16.5. The van der Waals surface area contributed by atoms with Crippen LogP contribution in [0.25, 0.3) is 11.0 Å². The Hall–Kier alpha value is -1.88. The van der Waals surface area contributed by atoms with Crippen LogP contribution in [-0.4, -0.2) is 28.7 Å². The molecule has 0 atom stereocenters. The third kappa shape index (κ3) is 1.68. The standard InChI is InChI=1S/C12H13N3O2/c13-9-2-1-3-10-12(9)14-7-15(10)11(16)4-8-5-17-6-8/h1-3,7-8H,4-6,13H2. The molecule has 0 amide bonds. The van der Waals surface area contributed by atoms with Gasteiger partial charge < -0.3 is 10.5 Å². The maximum atomic E-state index is 12.1. The quantitative estimate of drug-likeness (QED) is 0.791. The second-order valence-electron chi connectivity index (χ2n) is 4.33. The third-order valence-corrected chi connectivity index (χ3v) is 3.05. The molecule has 0 unspecified atom stereocenters. The van der Waals surface area contributed by atoms with Crippen molar-refractivity contribution in [1.82, 2.24) is 9.55 Å². The number of ether oxygens (including phenoxy) is 1. The zero-order valence-electron chi connectivity index (χ0n) is 9.30. The summed E-state index contributed by atoms with van der Waals surface area (Å²) in [5, 5.41) is 0. The Morgan fingerprint density at radius 1 is 1.53 bits per heavy atom. The van der Waals surface area contributed by atoms with Crippen molar-refractivity contribution >= 4 is 22.6 Å². The van der Waals surface area contributed by atoms with Crippen LogP contribution in [0.4, 0.5) is 5.69 Å². The molecule has 0 radical (unpaired) electrons. The van der Waals surface area contributed by atoms with Crippen molar-refractivity contribution in [3.63, 3.8) is 0 Å². The molecule has 0 spiro atoms. The molecule has 1 aliphatic heterocycles. The van der Waals surface area contributed by atoms with Crippen molar-refractivity contribution in [2.45, 2.75) is 6.42 Å². The second-order valence-corrected chi connectivity index (χ2v) is 4.33. The van der Waals surface area contributed by atoms with Crippen LogP contribution in [-0.2, 0) is 4.74 Å². The van der Waals surface area contributed by atoms with Gasteiger partial charge in [-0.25, -0.2) is 4.98 Å². The van der Waals surface area contributed by atoms with E-state index in [1.807, 2.05) is 12.1 Å². The van der Waals surface area contributed by atoms with Gasteiger partial charge in [0.05, 0.1) is 24.4 Å². The van der Waals surface area contributed by atoms with Gasteiger partial charge in [0.15, 0.2) is 0 Å². The van der Waals surface area contributed by atoms with Crippen LogP contribution in [0.1, 0.15) is 11.2 Å². The zero-order chi connectivity index (χ0) is 11.8. The number of carbonyl (C=O) groups excluding carboxylic acids is 1. The van der Waals surface area contributed by atoms with E-state index in [1.165, 1.54) is 0 Å². The average molecular weight is 231 g/mol. The van der Waals surface area contributed by atoms with Crippen LogP contribution >= 0.6 is 0 Å². The molecule has 1 aromatic carbocycles. The van der Waals surface area contributed by atoms with E-state index >= 15 is 0 Å². The lowest BCUT2D eigenvalue weighted by Gasteiger charge is -2.25. The number of nitrogen functional groups attached to an aromatic ring is 1. The fraction of sp³-hybridized carbons (Fsp3) is 0.333. The topological polar surface area (TPSA) is 70.1 Å². The molecular formula is C12H13N3O2. The van der Waals surface area contributed by atoms with Crippen LogP contribution in [0.15, 0.2) is 24.5 Å². The number of nitrogens with zero attached hydrogens (tertiary/aromatic N) is 2. The van der Waals surface area contributed by atoms with E-state index in [0.29, 0.717) is 36.8 Å². The van der Waals surface area contributed by atoms with Gasteiger partial charge in [-0.3, -0.25) is 9.36 Å². The number of rotatable bonds is 2. The van der Waals surface area contributed by atoms with Crippen molar-refractivity contribution in [1.29, 1.82) is 0 Å². The molecule has 88 valence electrons. The smallest absolute Gasteiger partial charge is 0.232 e. The SMILES string of the molecule is Nc1cccc2c1ncn2C(=O)CC1COC1. The first kappa shape index (κ1) is 10.3. The highest BCUT2D eigenvalue weighted by molar-refractivity contribution is 5.95. The molecule has 1 fully saturated rings. The largest absolute Gasteiger partial charge is 0.397 e. The van der Waals surface area contributed by atoms with E-state index in [4.69, 9.17) is 10.5 Å². The highest BCUT2D eigenvalue weighted by Crippen LogP contribution is 2.21. The number of imidazole rings is 1. The minimum Gasteiger partial charge on any atom is -0.397 e. The molecule has 0 bridgehead atoms. The molecule has 1 saturated heterocycles. The van der Waals surface area contributed by atoms with E-state index in [2.05, 4.69) is 4.98 Å². The molecule has 5 nitrogen and oxygen atoms in total. The lowest BCUT2D eigenvalue weighted by Crippen LogP contribution is -2.31. The van der Waals surface area contributed by atoms with E-state index in [1.54, 1.807) is 17.0 Å². The predicted molar refractivity (Wildman–Crippen MR) is 63.7 cm³/mol. The lowest BCUT2D eigenvalue weighted by atomic mass is 10.0. The number of anilines is 1. The van der Waals surface area contributed by atoms with Gasteiger partial charge in [0, 0.05) is 12.3 Å². The normalized spacial score (nSPS) is 16.0. The second kappa shape index (κ2) is 3.85. The number of benzene rings is 1. The summed E-state index contributed by atoms with van der Waals surface area (Å²) in [7, 11) is 0. The van der Waals surface area contributed by atoms with Crippen LogP contribution in [0.3, 0.4) is 0 Å². The summed E-state index contributed by atoms with van der Waals surface area (Å²) >= 11 is 0. The summed E-state index contributed by atoms with van der Waals surface area (Å²) in [6, 6.07) is 5.47. The van der Waals surface area contributed by atoms with Gasteiger partial charge in [-0.05, 0) is 12.1 Å². The Labute approximate surface area is 98.2 Å². The molecule has 5 heteroatoms. The summed E-state index contributed by atoms with van der Waals surface area (Å²) in [5.41, 5.74) is 7.86. The Morgan fingerprint density at radius 2 is 2.35 bits per heavy atom. The Bertz CT molecular complexity index is 572. The minimum atomic E-state index is 0.0476. The fourth-order valence-corrected chi connectivity index (χ4v) is 2.01. The van der Waals surface area contributed by atoms with E-state index in [0.717, 1.165) is 5.52 Å². The van der Waals surface area contributed by atoms with E-state index < -0.39 is 0 Å². The van der Waals surface area contributed by atoms with Gasteiger partial charge in [0.25, 0.3) is 0 Å². The Kier molecular flexibility index (Phi) is 2.33. The van der Waals surface area contributed by atoms with E-state index in [-0.39, 0.29) is 5.91 Å². The van der Waals surface area contributed by atoms with Gasteiger partial charge in [0.1, 0.15) is 11.8 Å². The molecular weight excluding hydrogens is 218 g/mol. The van der Waals surface area contributed by atoms with Gasteiger partial charge >= 0.3 is 0 Å². The number of fused-ring (bicyclic) bond motifs is 1. The number of aromatic nitrogens is 2. The van der Waals surface area contributed by atoms with Gasteiger partial charge in [-0.2, -0.15) is 0 Å². The molecule has 2 aromatic rings. The molecule has 2 N–H and O–H groups in total. The van der Waals surface area contributed by atoms with Crippen molar-refractivity contribution in [2.24, 2.45) is 5.92 Å². The summed E-state index contributed by atoms with van der Waals surface area (Å²) in [5.74, 6) is 0.396. The van der Waals surface area contributed by atoms with Gasteiger partial charge in [-0.1, -0.05) is 6.07 Å². The summed E-state index contributed by atoms with van der Waals surface area (Å²) in [4.78, 5) is 16.2.